The van der Waals surface area contributed by atoms with E-state index in [-0.39, 0.29) is 0 Å². The zero-order valence-corrected chi connectivity index (χ0v) is 8.38. The zero-order valence-electron chi connectivity index (χ0n) is 7.48. The molecule has 0 aliphatic rings. The molecule has 1 aromatic carbocycles. The Morgan fingerprint density at radius 3 is 2.92 bits per heavy atom. The van der Waals surface area contributed by atoms with Gasteiger partial charge in [-0.05, 0) is 18.2 Å². The maximum Gasteiger partial charge on any atom is 0.240 e. The molecule has 0 aliphatic heterocycles. The van der Waals surface area contributed by atoms with Gasteiger partial charge >= 0.3 is 0 Å². The second-order valence-electron chi connectivity index (χ2n) is 2.83. The summed E-state index contributed by atoms with van der Waals surface area (Å²) in [5.41, 5.74) is 1.05. The molecule has 13 heavy (non-hydrogen) atoms. The molecule has 0 amide bonds. The van der Waals surface area contributed by atoms with Gasteiger partial charge in [0.05, 0.1) is 18.0 Å². The third kappa shape index (κ3) is 1.27. The molecule has 1 aromatic heterocycles. The highest BCUT2D eigenvalue weighted by molar-refractivity contribution is 7.80. The van der Waals surface area contributed by atoms with Gasteiger partial charge in [-0.15, -0.1) is 17.7 Å². The molecule has 0 atom stereocenters. The van der Waals surface area contributed by atoms with Crippen LogP contribution in [-0.2, 0) is 7.05 Å². The molecule has 3 nitrogen and oxygen atoms in total. The summed E-state index contributed by atoms with van der Waals surface area (Å²) >= 11 is 4.26. The molecule has 0 bridgehead atoms. The fourth-order valence-corrected chi connectivity index (χ4v) is 1.58. The summed E-state index contributed by atoms with van der Waals surface area (Å²) < 4.78 is 6.93. The molecule has 0 saturated carbocycles. The van der Waals surface area contributed by atoms with Crippen molar-refractivity contribution in [1.82, 2.24) is 9.78 Å². The van der Waals surface area contributed by atoms with Gasteiger partial charge in [-0.2, -0.15) is 0 Å². The van der Waals surface area contributed by atoms with Gasteiger partial charge in [-0.3, -0.25) is 4.68 Å². The average molecular weight is 194 g/mol. The molecule has 2 aromatic rings. The lowest BCUT2D eigenvalue weighted by molar-refractivity contribution is 0.396. The first-order chi connectivity index (χ1) is 6.22. The first-order valence-electron chi connectivity index (χ1n) is 3.92. The van der Waals surface area contributed by atoms with E-state index in [9.17, 15) is 0 Å². The Labute approximate surface area is 81.7 Å². The van der Waals surface area contributed by atoms with E-state index < -0.39 is 0 Å². The van der Waals surface area contributed by atoms with E-state index in [1.165, 1.54) is 0 Å². The van der Waals surface area contributed by atoms with E-state index in [1.54, 1.807) is 11.8 Å². The van der Waals surface area contributed by atoms with Crippen LogP contribution in [0.1, 0.15) is 0 Å². The second kappa shape index (κ2) is 2.96. The number of methoxy groups -OCH3 is 1. The summed E-state index contributed by atoms with van der Waals surface area (Å²) in [6, 6.07) is 5.87. The minimum Gasteiger partial charge on any atom is -0.479 e. The molecular weight excluding hydrogens is 184 g/mol. The number of fused-ring (bicyclic) bond motifs is 1. The van der Waals surface area contributed by atoms with Crippen molar-refractivity contribution in [2.45, 2.75) is 4.90 Å². The first-order valence-corrected chi connectivity index (χ1v) is 4.37. The van der Waals surface area contributed by atoms with Crippen LogP contribution >= 0.6 is 12.6 Å². The number of ether oxygens (including phenoxy) is 1. The fourth-order valence-electron chi connectivity index (χ4n) is 1.37. The van der Waals surface area contributed by atoms with Crippen LogP contribution in [0.4, 0.5) is 0 Å². The van der Waals surface area contributed by atoms with Crippen molar-refractivity contribution >= 4 is 23.5 Å². The molecule has 0 fully saturated rings. The van der Waals surface area contributed by atoms with Gasteiger partial charge in [0.1, 0.15) is 0 Å². The quantitative estimate of drug-likeness (QED) is 0.702. The van der Waals surface area contributed by atoms with Crippen LogP contribution in [0, 0.1) is 0 Å². The second-order valence-corrected chi connectivity index (χ2v) is 3.35. The van der Waals surface area contributed by atoms with Crippen LogP contribution in [0.2, 0.25) is 0 Å². The highest BCUT2D eigenvalue weighted by atomic mass is 32.1. The molecule has 0 spiro atoms. The Morgan fingerprint density at radius 1 is 1.46 bits per heavy atom. The Kier molecular flexibility index (Phi) is 1.92. The Bertz CT molecular complexity index is 450. The maximum atomic E-state index is 5.14. The van der Waals surface area contributed by atoms with Gasteiger partial charge in [0.2, 0.25) is 5.88 Å². The third-order valence-corrected chi connectivity index (χ3v) is 2.27. The molecule has 0 saturated heterocycles. The summed E-state index contributed by atoms with van der Waals surface area (Å²) in [7, 11) is 3.51. The van der Waals surface area contributed by atoms with E-state index in [4.69, 9.17) is 4.74 Å². The minimum absolute atomic E-state index is 0.647. The van der Waals surface area contributed by atoms with Crippen LogP contribution in [0.5, 0.6) is 5.88 Å². The molecule has 1 heterocycles. The SMILES string of the molecule is COc1nn(C)c2ccc(S)cc12. The number of rotatable bonds is 1. The van der Waals surface area contributed by atoms with Gasteiger partial charge < -0.3 is 4.74 Å². The maximum absolute atomic E-state index is 5.14. The summed E-state index contributed by atoms with van der Waals surface area (Å²) in [6.45, 7) is 0. The lowest BCUT2D eigenvalue weighted by Gasteiger charge is -1.94. The number of hydrogen-bond acceptors (Lipinski definition) is 3. The van der Waals surface area contributed by atoms with E-state index in [0.717, 1.165) is 15.8 Å². The standard InChI is InChI=1S/C9H10N2OS/c1-11-8-4-3-6(13)5-7(8)9(10-11)12-2/h3-5,13H,1-2H3. The van der Waals surface area contributed by atoms with Gasteiger partial charge in [0, 0.05) is 11.9 Å². The largest absolute Gasteiger partial charge is 0.479 e. The Morgan fingerprint density at radius 2 is 2.23 bits per heavy atom. The van der Waals surface area contributed by atoms with Crippen molar-refractivity contribution < 1.29 is 4.74 Å². The van der Waals surface area contributed by atoms with E-state index in [2.05, 4.69) is 17.7 Å². The number of hydrogen-bond donors (Lipinski definition) is 1. The van der Waals surface area contributed by atoms with Gasteiger partial charge in [0.25, 0.3) is 0 Å². The topological polar surface area (TPSA) is 27.1 Å². The highest BCUT2D eigenvalue weighted by Crippen LogP contribution is 2.25. The molecule has 4 heteroatoms. The number of aromatic nitrogens is 2. The number of aryl methyl sites for hydroxylation is 1. The summed E-state index contributed by atoms with van der Waals surface area (Å²) in [6.07, 6.45) is 0. The minimum atomic E-state index is 0.647. The number of benzene rings is 1. The molecule has 68 valence electrons. The van der Waals surface area contributed by atoms with Crippen LogP contribution in [-0.4, -0.2) is 16.9 Å². The van der Waals surface area contributed by atoms with Gasteiger partial charge in [0.15, 0.2) is 0 Å². The fraction of sp³-hybridized carbons (Fsp3) is 0.222. The van der Waals surface area contributed by atoms with Crippen molar-refractivity contribution in [2.75, 3.05) is 7.11 Å². The average Bonchev–Trinajstić information content (AvgIpc) is 2.42. The van der Waals surface area contributed by atoms with Crippen LogP contribution in [0.15, 0.2) is 23.1 Å². The van der Waals surface area contributed by atoms with E-state index in [1.807, 2.05) is 25.2 Å². The molecule has 0 N–H and O–H groups in total. The summed E-state index contributed by atoms with van der Waals surface area (Å²) in [4.78, 5) is 0.916. The predicted molar refractivity (Wildman–Crippen MR) is 54.5 cm³/mol. The van der Waals surface area contributed by atoms with Crippen molar-refractivity contribution in [3.8, 4) is 5.88 Å². The van der Waals surface area contributed by atoms with Crippen molar-refractivity contribution in [3.63, 3.8) is 0 Å². The zero-order chi connectivity index (χ0) is 9.42. The van der Waals surface area contributed by atoms with E-state index in [0.29, 0.717) is 5.88 Å². The first kappa shape index (κ1) is 8.44. The van der Waals surface area contributed by atoms with Crippen LogP contribution in [0.25, 0.3) is 10.9 Å². The number of thiol groups is 1. The van der Waals surface area contributed by atoms with E-state index >= 15 is 0 Å². The van der Waals surface area contributed by atoms with Crippen LogP contribution in [0.3, 0.4) is 0 Å². The third-order valence-electron chi connectivity index (χ3n) is 1.99. The van der Waals surface area contributed by atoms with Crippen molar-refractivity contribution in [3.05, 3.63) is 18.2 Å². The molecule has 0 aliphatic carbocycles. The molecule has 2 rings (SSSR count). The Balaban J connectivity index is 2.81. The van der Waals surface area contributed by atoms with Crippen molar-refractivity contribution in [1.29, 1.82) is 0 Å². The monoisotopic (exact) mass is 194 g/mol. The Hall–Kier alpha value is -1.16. The summed E-state index contributed by atoms with van der Waals surface area (Å²) in [5.74, 6) is 0.647. The molecule has 0 unspecified atom stereocenters. The lowest BCUT2D eigenvalue weighted by atomic mass is 10.2. The van der Waals surface area contributed by atoms with Gasteiger partial charge in [-0.1, -0.05) is 0 Å². The molecule has 0 radical (unpaired) electrons. The molecular formula is C9H10N2OS. The van der Waals surface area contributed by atoms with Crippen LogP contribution < -0.4 is 4.74 Å². The number of nitrogens with zero attached hydrogens (tertiary/aromatic N) is 2. The van der Waals surface area contributed by atoms with Gasteiger partial charge in [-0.25, -0.2) is 0 Å². The lowest BCUT2D eigenvalue weighted by Crippen LogP contribution is -1.89. The highest BCUT2D eigenvalue weighted by Gasteiger charge is 2.07. The normalized spacial score (nSPS) is 10.7. The van der Waals surface area contributed by atoms with Crippen molar-refractivity contribution in [2.24, 2.45) is 7.05 Å². The predicted octanol–water partition coefficient (Wildman–Crippen LogP) is 1.87. The smallest absolute Gasteiger partial charge is 0.240 e. The summed E-state index contributed by atoms with van der Waals surface area (Å²) in [5, 5.41) is 5.21.